The number of rotatable bonds is 5. The summed E-state index contributed by atoms with van der Waals surface area (Å²) in [6, 6.07) is 14.7. The lowest BCUT2D eigenvalue weighted by atomic mass is 9.84. The molecule has 4 heteroatoms. The van der Waals surface area contributed by atoms with E-state index in [1.807, 2.05) is 12.1 Å². The zero-order valence-electron chi connectivity index (χ0n) is 14.1. The van der Waals surface area contributed by atoms with Gasteiger partial charge in [-0.1, -0.05) is 42.5 Å². The van der Waals surface area contributed by atoms with Crippen LogP contribution in [0.15, 0.2) is 42.5 Å². The minimum absolute atomic E-state index is 0.0602. The van der Waals surface area contributed by atoms with Gasteiger partial charge in [0.2, 0.25) is 5.91 Å². The van der Waals surface area contributed by atoms with E-state index in [0.717, 1.165) is 12.8 Å². The van der Waals surface area contributed by atoms with E-state index >= 15 is 0 Å². The van der Waals surface area contributed by atoms with Crippen molar-refractivity contribution in [3.8, 4) is 0 Å². The Hall–Kier alpha value is -1.91. The Labute approximate surface area is 142 Å². The first-order chi connectivity index (χ1) is 11.7. The van der Waals surface area contributed by atoms with Crippen LogP contribution in [0.4, 0.5) is 0 Å². The van der Waals surface area contributed by atoms with Crippen LogP contribution >= 0.6 is 0 Å². The number of aliphatic hydroxyl groups excluding tert-OH is 1. The number of benzene rings is 2. The molecular formula is C20H25NO3. The third-order valence-corrected chi connectivity index (χ3v) is 4.96. The largest absolute Gasteiger partial charge is 0.390 e. The molecule has 2 aromatic rings. The highest BCUT2D eigenvalue weighted by atomic mass is 16.5. The van der Waals surface area contributed by atoms with Gasteiger partial charge in [-0.25, -0.2) is 0 Å². The van der Waals surface area contributed by atoms with Gasteiger partial charge in [0.1, 0.15) is 0 Å². The minimum atomic E-state index is -0.448. The van der Waals surface area contributed by atoms with Crippen LogP contribution < -0.4 is 5.32 Å². The monoisotopic (exact) mass is 327 g/mol. The van der Waals surface area contributed by atoms with Gasteiger partial charge < -0.3 is 15.2 Å². The number of aliphatic hydroxyl groups is 1. The van der Waals surface area contributed by atoms with Gasteiger partial charge >= 0.3 is 0 Å². The highest BCUT2D eigenvalue weighted by molar-refractivity contribution is 5.83. The summed E-state index contributed by atoms with van der Waals surface area (Å²) in [5, 5.41) is 15.3. The number of nitrogens with one attached hydrogen (secondary N) is 1. The van der Waals surface area contributed by atoms with E-state index in [4.69, 9.17) is 4.74 Å². The molecule has 1 saturated carbocycles. The summed E-state index contributed by atoms with van der Waals surface area (Å²) in [4.78, 5) is 12.3. The molecule has 1 amide bonds. The normalized spacial score (nSPS) is 24.0. The quantitative estimate of drug-likeness (QED) is 0.888. The molecule has 24 heavy (non-hydrogen) atoms. The Kier molecular flexibility index (Phi) is 5.48. The van der Waals surface area contributed by atoms with Gasteiger partial charge in [-0.2, -0.15) is 0 Å². The summed E-state index contributed by atoms with van der Waals surface area (Å²) in [6.07, 6.45) is 2.09. The van der Waals surface area contributed by atoms with E-state index in [-0.39, 0.29) is 17.9 Å². The van der Waals surface area contributed by atoms with Crippen LogP contribution in [-0.2, 0) is 16.0 Å². The molecule has 1 aliphatic carbocycles. The first kappa shape index (κ1) is 16.9. The van der Waals surface area contributed by atoms with Gasteiger partial charge in [-0.05, 0) is 42.0 Å². The number of methoxy groups -OCH3 is 1. The second-order valence-corrected chi connectivity index (χ2v) is 6.57. The van der Waals surface area contributed by atoms with E-state index in [0.29, 0.717) is 19.4 Å². The Balaban J connectivity index is 1.51. The maximum absolute atomic E-state index is 12.3. The smallest absolute Gasteiger partial charge is 0.223 e. The molecule has 0 saturated heterocycles. The number of carbonyl (C=O) groups is 1. The first-order valence-electron chi connectivity index (χ1n) is 8.63. The third-order valence-electron chi connectivity index (χ3n) is 4.96. The minimum Gasteiger partial charge on any atom is -0.390 e. The molecule has 1 fully saturated rings. The molecule has 3 atom stereocenters. The van der Waals surface area contributed by atoms with Gasteiger partial charge in [0, 0.05) is 19.6 Å². The lowest BCUT2D eigenvalue weighted by Gasteiger charge is -2.31. The van der Waals surface area contributed by atoms with Crippen molar-refractivity contribution in [1.29, 1.82) is 0 Å². The lowest BCUT2D eigenvalue weighted by Crippen LogP contribution is -2.41. The molecule has 0 unspecified atom stereocenters. The predicted octanol–water partition coefficient (Wildman–Crippen LogP) is 2.67. The van der Waals surface area contributed by atoms with E-state index in [9.17, 15) is 9.90 Å². The summed E-state index contributed by atoms with van der Waals surface area (Å²) < 4.78 is 5.27. The molecule has 4 nitrogen and oxygen atoms in total. The number of hydrogen-bond donors (Lipinski definition) is 2. The number of ether oxygens (including phenoxy) is 1. The van der Waals surface area contributed by atoms with Crippen molar-refractivity contribution in [3.05, 3.63) is 48.0 Å². The fraction of sp³-hybridized carbons (Fsp3) is 0.450. The van der Waals surface area contributed by atoms with E-state index in [1.165, 1.54) is 16.3 Å². The topological polar surface area (TPSA) is 58.6 Å². The standard InChI is InChI=1S/C20H25NO3/c1-24-19-13-17(8-9-18(19)22)20(23)21-11-10-14-6-7-15-4-2-3-5-16(15)12-14/h2-7,12,17-19,22H,8-11,13H2,1H3,(H,21,23)/t17-,18+,19-/m1/s1. The van der Waals surface area contributed by atoms with Crippen molar-refractivity contribution in [2.75, 3.05) is 13.7 Å². The van der Waals surface area contributed by atoms with E-state index < -0.39 is 6.10 Å². The summed E-state index contributed by atoms with van der Waals surface area (Å²) in [7, 11) is 1.59. The highest BCUT2D eigenvalue weighted by Gasteiger charge is 2.32. The van der Waals surface area contributed by atoms with Gasteiger partial charge in [0.25, 0.3) is 0 Å². The summed E-state index contributed by atoms with van der Waals surface area (Å²) in [6.45, 7) is 0.633. The van der Waals surface area contributed by atoms with Crippen LogP contribution in [0.5, 0.6) is 0 Å². The predicted molar refractivity (Wildman–Crippen MR) is 94.8 cm³/mol. The van der Waals surface area contributed by atoms with E-state index in [2.05, 4.69) is 35.6 Å². The summed E-state index contributed by atoms with van der Waals surface area (Å²) >= 11 is 0. The van der Waals surface area contributed by atoms with Gasteiger partial charge in [-0.15, -0.1) is 0 Å². The molecular weight excluding hydrogens is 302 g/mol. The summed E-state index contributed by atoms with van der Waals surface area (Å²) in [5.41, 5.74) is 1.22. The first-order valence-corrected chi connectivity index (χ1v) is 8.63. The Morgan fingerprint density at radius 2 is 2.00 bits per heavy atom. The van der Waals surface area contributed by atoms with Crippen LogP contribution in [0.1, 0.15) is 24.8 Å². The van der Waals surface area contributed by atoms with Crippen LogP contribution in [0, 0.1) is 5.92 Å². The van der Waals surface area contributed by atoms with Crippen molar-refractivity contribution in [1.82, 2.24) is 5.32 Å². The van der Waals surface area contributed by atoms with Crippen molar-refractivity contribution in [2.24, 2.45) is 5.92 Å². The average molecular weight is 327 g/mol. The molecule has 128 valence electrons. The number of carbonyl (C=O) groups excluding carboxylic acids is 1. The molecule has 0 heterocycles. The fourth-order valence-corrected chi connectivity index (χ4v) is 3.47. The summed E-state index contributed by atoms with van der Waals surface area (Å²) in [5.74, 6) is 0.0136. The van der Waals surface area contributed by atoms with Crippen LogP contribution in [0.3, 0.4) is 0 Å². The molecule has 2 N–H and O–H groups in total. The van der Waals surface area contributed by atoms with Crippen molar-refractivity contribution in [3.63, 3.8) is 0 Å². The van der Waals surface area contributed by atoms with Gasteiger partial charge in [0.05, 0.1) is 12.2 Å². The van der Waals surface area contributed by atoms with Crippen LogP contribution in [0.2, 0.25) is 0 Å². The Morgan fingerprint density at radius 3 is 2.79 bits per heavy atom. The SMILES string of the molecule is CO[C@@H]1C[C@H](C(=O)NCCc2ccc3ccccc3c2)CC[C@@H]1O. The molecule has 0 aromatic heterocycles. The molecule has 2 aromatic carbocycles. The molecule has 0 radical (unpaired) electrons. The second kappa shape index (κ2) is 7.77. The van der Waals surface area contributed by atoms with Crippen LogP contribution in [-0.4, -0.2) is 36.9 Å². The fourth-order valence-electron chi connectivity index (χ4n) is 3.47. The lowest BCUT2D eigenvalue weighted by molar-refractivity contribution is -0.130. The number of fused-ring (bicyclic) bond motifs is 1. The highest BCUT2D eigenvalue weighted by Crippen LogP contribution is 2.26. The average Bonchev–Trinajstić information content (AvgIpc) is 2.62. The van der Waals surface area contributed by atoms with Crippen molar-refractivity contribution in [2.45, 2.75) is 37.9 Å². The zero-order chi connectivity index (χ0) is 16.9. The molecule has 0 aliphatic heterocycles. The third kappa shape index (κ3) is 3.94. The molecule has 1 aliphatic rings. The zero-order valence-corrected chi connectivity index (χ0v) is 14.1. The van der Waals surface area contributed by atoms with Gasteiger partial charge in [-0.3, -0.25) is 4.79 Å². The van der Waals surface area contributed by atoms with Gasteiger partial charge in [0.15, 0.2) is 0 Å². The van der Waals surface area contributed by atoms with Crippen molar-refractivity contribution >= 4 is 16.7 Å². The molecule has 0 bridgehead atoms. The van der Waals surface area contributed by atoms with Crippen molar-refractivity contribution < 1.29 is 14.6 Å². The molecule has 3 rings (SSSR count). The Bertz CT molecular complexity index is 700. The number of hydrogen-bond acceptors (Lipinski definition) is 3. The van der Waals surface area contributed by atoms with E-state index in [1.54, 1.807) is 7.11 Å². The maximum atomic E-state index is 12.3. The maximum Gasteiger partial charge on any atom is 0.223 e. The second-order valence-electron chi connectivity index (χ2n) is 6.57. The number of amides is 1. The molecule has 0 spiro atoms. The Morgan fingerprint density at radius 1 is 1.21 bits per heavy atom. The van der Waals surface area contributed by atoms with Crippen LogP contribution in [0.25, 0.3) is 10.8 Å².